The normalized spacial score (nSPS) is 36.3. The Balaban J connectivity index is 0.000000405. The molecule has 1 heterocycles. The zero-order chi connectivity index (χ0) is 5.61. The lowest BCUT2D eigenvalue weighted by molar-refractivity contribution is -0.0967. The summed E-state index contributed by atoms with van der Waals surface area (Å²) in [5.41, 5.74) is 0.347. The maximum Gasteiger partial charge on any atom is 0.0621 e. The fourth-order valence-electron chi connectivity index (χ4n) is 1.54. The van der Waals surface area contributed by atoms with Crippen molar-refractivity contribution in [2.75, 3.05) is 13.1 Å². The van der Waals surface area contributed by atoms with E-state index in [0.29, 0.717) is 5.41 Å². The molecule has 1 spiro atoms. The minimum absolute atomic E-state index is 0. The van der Waals surface area contributed by atoms with Gasteiger partial charge in [0.15, 0.2) is 0 Å². The first-order chi connectivity index (χ1) is 3.83. The van der Waals surface area contributed by atoms with Gasteiger partial charge < -0.3 is 10.4 Å². The van der Waals surface area contributed by atoms with Crippen LogP contribution in [0.25, 0.3) is 0 Å². The van der Waals surface area contributed by atoms with Gasteiger partial charge in [0, 0.05) is 18.5 Å². The summed E-state index contributed by atoms with van der Waals surface area (Å²) >= 11 is 0. The molecule has 0 aromatic carbocycles. The number of hydrogen-bond acceptors (Lipinski definition) is 2. The first-order valence-electron chi connectivity index (χ1n) is 3.22. The Labute approximate surface area is 61.0 Å². The van der Waals surface area contributed by atoms with Crippen LogP contribution in [0.1, 0.15) is 12.8 Å². The molecule has 0 aromatic heterocycles. The molecular weight excluding hydrogens is 138 g/mol. The largest absolute Gasteiger partial charge is 0.392 e. The first-order valence-corrected chi connectivity index (χ1v) is 3.22. The maximum absolute atomic E-state index is 9.18. The lowest BCUT2D eigenvalue weighted by Gasteiger charge is -2.53. The highest BCUT2D eigenvalue weighted by Crippen LogP contribution is 2.43. The molecular formula is C6H12ClNO. The van der Waals surface area contributed by atoms with Crippen molar-refractivity contribution in [3.63, 3.8) is 0 Å². The van der Waals surface area contributed by atoms with E-state index >= 15 is 0 Å². The highest BCUT2D eigenvalue weighted by Gasteiger charge is 2.49. The molecule has 0 radical (unpaired) electrons. The van der Waals surface area contributed by atoms with E-state index in [-0.39, 0.29) is 18.5 Å². The topological polar surface area (TPSA) is 32.3 Å². The predicted octanol–water partition coefficient (Wildman–Crippen LogP) is 0.152. The van der Waals surface area contributed by atoms with Crippen LogP contribution in [0.4, 0.5) is 0 Å². The molecule has 2 N–H and O–H groups in total. The van der Waals surface area contributed by atoms with Gasteiger partial charge in [-0.3, -0.25) is 0 Å². The second-order valence-electron chi connectivity index (χ2n) is 3.02. The molecule has 1 aliphatic carbocycles. The SMILES string of the molecule is Cl.OC1CCC12CNC2. The van der Waals surface area contributed by atoms with Crippen molar-refractivity contribution in [1.82, 2.24) is 5.32 Å². The Hall–Kier alpha value is 0.210. The van der Waals surface area contributed by atoms with Crippen LogP contribution < -0.4 is 5.32 Å². The van der Waals surface area contributed by atoms with Gasteiger partial charge in [-0.25, -0.2) is 0 Å². The van der Waals surface area contributed by atoms with Crippen LogP contribution in [-0.2, 0) is 0 Å². The second-order valence-corrected chi connectivity index (χ2v) is 3.02. The van der Waals surface area contributed by atoms with Crippen molar-refractivity contribution in [1.29, 1.82) is 0 Å². The molecule has 2 nitrogen and oxygen atoms in total. The van der Waals surface area contributed by atoms with Gasteiger partial charge in [-0.1, -0.05) is 0 Å². The van der Waals surface area contributed by atoms with Crippen molar-refractivity contribution >= 4 is 12.4 Å². The number of rotatable bonds is 0. The van der Waals surface area contributed by atoms with E-state index in [1.807, 2.05) is 0 Å². The van der Waals surface area contributed by atoms with Crippen LogP contribution in [-0.4, -0.2) is 24.3 Å². The van der Waals surface area contributed by atoms with E-state index in [9.17, 15) is 5.11 Å². The first kappa shape index (κ1) is 7.32. The van der Waals surface area contributed by atoms with Gasteiger partial charge in [0.1, 0.15) is 0 Å². The van der Waals surface area contributed by atoms with E-state index in [1.165, 1.54) is 6.42 Å². The minimum Gasteiger partial charge on any atom is -0.392 e. The van der Waals surface area contributed by atoms with Crippen LogP contribution in [0.15, 0.2) is 0 Å². The standard InChI is InChI=1S/C6H11NO.ClH/c8-5-1-2-6(5)3-7-4-6;/h5,7-8H,1-4H2;1H. The molecule has 2 fully saturated rings. The average Bonchev–Trinajstić information content (AvgIpc) is 1.58. The van der Waals surface area contributed by atoms with Gasteiger partial charge in [-0.05, 0) is 12.8 Å². The molecule has 9 heavy (non-hydrogen) atoms. The number of nitrogens with one attached hydrogen (secondary N) is 1. The second kappa shape index (κ2) is 2.11. The lowest BCUT2D eigenvalue weighted by Crippen LogP contribution is -2.65. The van der Waals surface area contributed by atoms with Crippen LogP contribution >= 0.6 is 12.4 Å². The summed E-state index contributed by atoms with van der Waals surface area (Å²) in [4.78, 5) is 0. The summed E-state index contributed by atoms with van der Waals surface area (Å²) < 4.78 is 0. The fourth-order valence-corrected chi connectivity index (χ4v) is 1.54. The van der Waals surface area contributed by atoms with Gasteiger partial charge in [0.25, 0.3) is 0 Å². The zero-order valence-corrected chi connectivity index (χ0v) is 6.08. The Morgan fingerprint density at radius 3 is 2.11 bits per heavy atom. The molecule has 3 heteroatoms. The Morgan fingerprint density at radius 2 is 2.11 bits per heavy atom. The van der Waals surface area contributed by atoms with Crippen LogP contribution in [0.5, 0.6) is 0 Å². The van der Waals surface area contributed by atoms with E-state index in [0.717, 1.165) is 19.5 Å². The van der Waals surface area contributed by atoms with Gasteiger partial charge in [0.2, 0.25) is 0 Å². The molecule has 1 atom stereocenters. The third-order valence-electron chi connectivity index (χ3n) is 2.58. The Morgan fingerprint density at radius 1 is 1.44 bits per heavy atom. The third-order valence-corrected chi connectivity index (χ3v) is 2.58. The number of aliphatic hydroxyl groups excluding tert-OH is 1. The van der Waals surface area contributed by atoms with Crippen LogP contribution in [0, 0.1) is 5.41 Å². The van der Waals surface area contributed by atoms with Crippen molar-refractivity contribution in [2.24, 2.45) is 5.41 Å². The molecule has 1 unspecified atom stereocenters. The molecule has 2 aliphatic rings. The quantitative estimate of drug-likeness (QED) is 0.514. The number of aliphatic hydroxyl groups is 1. The van der Waals surface area contributed by atoms with Gasteiger partial charge in [-0.2, -0.15) is 0 Å². The van der Waals surface area contributed by atoms with Crippen molar-refractivity contribution in [3.8, 4) is 0 Å². The van der Waals surface area contributed by atoms with Gasteiger partial charge >= 0.3 is 0 Å². The minimum atomic E-state index is 0. The van der Waals surface area contributed by atoms with Crippen LogP contribution in [0.2, 0.25) is 0 Å². The van der Waals surface area contributed by atoms with Crippen molar-refractivity contribution < 1.29 is 5.11 Å². The number of hydrogen-bond donors (Lipinski definition) is 2. The van der Waals surface area contributed by atoms with E-state index in [4.69, 9.17) is 0 Å². The Kier molecular flexibility index (Phi) is 1.72. The summed E-state index contributed by atoms with van der Waals surface area (Å²) in [6.07, 6.45) is 2.28. The van der Waals surface area contributed by atoms with Gasteiger partial charge in [0.05, 0.1) is 6.10 Å². The molecule has 1 saturated heterocycles. The lowest BCUT2D eigenvalue weighted by atomic mass is 9.62. The van der Waals surface area contributed by atoms with Gasteiger partial charge in [-0.15, -0.1) is 12.4 Å². The summed E-state index contributed by atoms with van der Waals surface area (Å²) in [6, 6.07) is 0. The van der Waals surface area contributed by atoms with Crippen molar-refractivity contribution in [2.45, 2.75) is 18.9 Å². The Bertz CT molecular complexity index is 108. The van der Waals surface area contributed by atoms with Crippen molar-refractivity contribution in [3.05, 3.63) is 0 Å². The molecule has 0 aromatic rings. The molecule has 0 bridgehead atoms. The monoisotopic (exact) mass is 149 g/mol. The third kappa shape index (κ3) is 0.775. The van der Waals surface area contributed by atoms with E-state index in [1.54, 1.807) is 0 Å². The molecule has 2 rings (SSSR count). The smallest absolute Gasteiger partial charge is 0.0621 e. The van der Waals surface area contributed by atoms with Crippen LogP contribution in [0.3, 0.4) is 0 Å². The highest BCUT2D eigenvalue weighted by atomic mass is 35.5. The maximum atomic E-state index is 9.18. The molecule has 0 amide bonds. The summed E-state index contributed by atoms with van der Waals surface area (Å²) in [5.74, 6) is 0. The molecule has 54 valence electrons. The fraction of sp³-hybridized carbons (Fsp3) is 1.00. The summed E-state index contributed by atoms with van der Waals surface area (Å²) in [7, 11) is 0. The molecule has 1 aliphatic heterocycles. The van der Waals surface area contributed by atoms with E-state index in [2.05, 4.69) is 5.32 Å². The number of halogens is 1. The molecule has 1 saturated carbocycles. The predicted molar refractivity (Wildman–Crippen MR) is 37.8 cm³/mol. The summed E-state index contributed by atoms with van der Waals surface area (Å²) in [6.45, 7) is 2.10. The zero-order valence-electron chi connectivity index (χ0n) is 5.26. The average molecular weight is 150 g/mol. The van der Waals surface area contributed by atoms with E-state index < -0.39 is 0 Å². The highest BCUT2D eigenvalue weighted by molar-refractivity contribution is 5.85. The summed E-state index contributed by atoms with van der Waals surface area (Å²) in [5, 5.41) is 12.4.